The van der Waals surface area contributed by atoms with Crippen molar-refractivity contribution in [2.24, 2.45) is 5.73 Å². The second-order valence-electron chi connectivity index (χ2n) is 2.63. The van der Waals surface area contributed by atoms with Gasteiger partial charge in [-0.25, -0.2) is 8.78 Å². The first kappa shape index (κ1) is 10.1. The van der Waals surface area contributed by atoms with Crippen LogP contribution in [0, 0.1) is 11.6 Å². The molecular weight excluding hydrogens is 176 g/mol. The van der Waals surface area contributed by atoms with E-state index in [1.807, 2.05) is 0 Å². The molecule has 1 atom stereocenters. The minimum atomic E-state index is -0.627. The van der Waals surface area contributed by atoms with Gasteiger partial charge in [-0.2, -0.15) is 0 Å². The third-order valence-corrected chi connectivity index (χ3v) is 1.81. The van der Waals surface area contributed by atoms with Crippen molar-refractivity contribution in [1.82, 2.24) is 0 Å². The van der Waals surface area contributed by atoms with Crippen LogP contribution in [0.25, 0.3) is 0 Å². The van der Waals surface area contributed by atoms with E-state index in [4.69, 9.17) is 10.5 Å². The molecule has 0 saturated carbocycles. The number of nitrogens with two attached hydrogens (primary N) is 1. The second-order valence-corrected chi connectivity index (χ2v) is 2.63. The number of benzene rings is 1. The predicted molar refractivity (Wildman–Crippen MR) is 45.2 cm³/mol. The summed E-state index contributed by atoms with van der Waals surface area (Å²) in [6.45, 7) is 0.166. The Morgan fingerprint density at radius 1 is 1.46 bits per heavy atom. The molecule has 2 nitrogen and oxygen atoms in total. The summed E-state index contributed by atoms with van der Waals surface area (Å²) in [6, 6.07) is 3.34. The number of hydrogen-bond donors (Lipinski definition) is 1. The van der Waals surface area contributed by atoms with Crippen LogP contribution >= 0.6 is 0 Å². The summed E-state index contributed by atoms with van der Waals surface area (Å²) < 4.78 is 30.5. The topological polar surface area (TPSA) is 35.2 Å². The summed E-state index contributed by atoms with van der Waals surface area (Å²) in [5, 5.41) is 0. The lowest BCUT2D eigenvalue weighted by atomic mass is 10.1. The Morgan fingerprint density at radius 2 is 2.15 bits per heavy atom. The largest absolute Gasteiger partial charge is 0.375 e. The Kier molecular flexibility index (Phi) is 3.33. The molecule has 0 radical (unpaired) electrons. The first-order valence-electron chi connectivity index (χ1n) is 3.87. The van der Waals surface area contributed by atoms with Crippen LogP contribution in [0.3, 0.4) is 0 Å². The summed E-state index contributed by atoms with van der Waals surface area (Å²) in [5.74, 6) is -1.23. The third-order valence-electron chi connectivity index (χ3n) is 1.81. The Balaban J connectivity index is 2.99. The van der Waals surface area contributed by atoms with Gasteiger partial charge < -0.3 is 10.5 Å². The first-order valence-corrected chi connectivity index (χ1v) is 3.87. The van der Waals surface area contributed by atoms with Gasteiger partial charge in [-0.15, -0.1) is 0 Å². The molecule has 0 fully saturated rings. The van der Waals surface area contributed by atoms with Crippen molar-refractivity contribution in [2.45, 2.75) is 6.10 Å². The molecule has 0 saturated heterocycles. The van der Waals surface area contributed by atoms with Crippen LogP contribution in [0.1, 0.15) is 11.7 Å². The predicted octanol–water partition coefficient (Wildman–Crippen LogP) is 1.61. The van der Waals surface area contributed by atoms with Gasteiger partial charge in [-0.1, -0.05) is 6.07 Å². The molecule has 0 spiro atoms. The van der Waals surface area contributed by atoms with Gasteiger partial charge in [0.25, 0.3) is 0 Å². The van der Waals surface area contributed by atoms with Crippen LogP contribution in [0.15, 0.2) is 18.2 Å². The molecule has 0 aliphatic rings. The quantitative estimate of drug-likeness (QED) is 0.780. The molecule has 1 aromatic rings. The van der Waals surface area contributed by atoms with Gasteiger partial charge in [0.1, 0.15) is 11.6 Å². The summed E-state index contributed by atoms with van der Waals surface area (Å²) in [7, 11) is 1.43. The van der Waals surface area contributed by atoms with Gasteiger partial charge in [-0.3, -0.25) is 0 Å². The molecule has 1 unspecified atom stereocenters. The van der Waals surface area contributed by atoms with Gasteiger partial charge in [0, 0.05) is 25.3 Å². The first-order chi connectivity index (χ1) is 6.19. The number of hydrogen-bond acceptors (Lipinski definition) is 2. The van der Waals surface area contributed by atoms with Gasteiger partial charge in [0.2, 0.25) is 0 Å². The molecule has 0 aromatic heterocycles. The SMILES string of the molecule is COC(CN)c1ccc(F)cc1F. The zero-order valence-corrected chi connectivity index (χ0v) is 7.26. The molecule has 4 heteroatoms. The molecule has 13 heavy (non-hydrogen) atoms. The van der Waals surface area contributed by atoms with E-state index in [9.17, 15) is 8.78 Å². The second kappa shape index (κ2) is 4.30. The highest BCUT2D eigenvalue weighted by atomic mass is 19.1. The molecule has 0 heterocycles. The van der Waals surface area contributed by atoms with Crippen LogP contribution in [0.2, 0.25) is 0 Å². The van der Waals surface area contributed by atoms with Gasteiger partial charge in [0.05, 0.1) is 6.10 Å². The van der Waals surface area contributed by atoms with Gasteiger partial charge in [0.15, 0.2) is 0 Å². The number of ether oxygens (including phenoxy) is 1. The van der Waals surface area contributed by atoms with Crippen molar-refractivity contribution in [3.05, 3.63) is 35.4 Å². The molecule has 1 aromatic carbocycles. The number of methoxy groups -OCH3 is 1. The normalized spacial score (nSPS) is 12.9. The van der Waals surface area contributed by atoms with Crippen LogP contribution < -0.4 is 5.73 Å². The lowest BCUT2D eigenvalue weighted by Gasteiger charge is -2.13. The summed E-state index contributed by atoms with van der Waals surface area (Å²) in [6.07, 6.45) is -0.513. The molecule has 2 N–H and O–H groups in total. The van der Waals surface area contributed by atoms with Crippen molar-refractivity contribution in [3.63, 3.8) is 0 Å². The lowest BCUT2D eigenvalue weighted by Crippen LogP contribution is -2.15. The summed E-state index contributed by atoms with van der Waals surface area (Å²) >= 11 is 0. The Bertz CT molecular complexity index is 287. The highest BCUT2D eigenvalue weighted by molar-refractivity contribution is 5.21. The maximum atomic E-state index is 13.1. The van der Waals surface area contributed by atoms with Gasteiger partial charge >= 0.3 is 0 Å². The highest BCUT2D eigenvalue weighted by Crippen LogP contribution is 2.19. The van der Waals surface area contributed by atoms with Crippen LogP contribution in [-0.2, 0) is 4.74 Å². The Labute approximate surface area is 75.3 Å². The lowest BCUT2D eigenvalue weighted by molar-refractivity contribution is 0.107. The van der Waals surface area contributed by atoms with E-state index in [2.05, 4.69) is 0 Å². The number of halogens is 2. The molecule has 0 amide bonds. The Hall–Kier alpha value is -1.00. The summed E-state index contributed by atoms with van der Waals surface area (Å²) in [4.78, 5) is 0. The Morgan fingerprint density at radius 3 is 2.62 bits per heavy atom. The van der Waals surface area contributed by atoms with Crippen molar-refractivity contribution in [1.29, 1.82) is 0 Å². The standard InChI is InChI=1S/C9H11F2NO/c1-13-9(5-12)7-3-2-6(10)4-8(7)11/h2-4,9H,5,12H2,1H3. The van der Waals surface area contributed by atoms with E-state index < -0.39 is 17.7 Å². The summed E-state index contributed by atoms with van der Waals surface area (Å²) in [5.41, 5.74) is 5.62. The van der Waals surface area contributed by atoms with Crippen molar-refractivity contribution in [2.75, 3.05) is 13.7 Å². The van der Waals surface area contributed by atoms with Crippen LogP contribution in [0.4, 0.5) is 8.78 Å². The fourth-order valence-corrected chi connectivity index (χ4v) is 1.11. The molecular formula is C9H11F2NO. The monoisotopic (exact) mass is 187 g/mol. The van der Waals surface area contributed by atoms with Crippen molar-refractivity contribution in [3.8, 4) is 0 Å². The molecule has 0 aliphatic heterocycles. The molecule has 72 valence electrons. The zero-order chi connectivity index (χ0) is 9.84. The average Bonchev–Trinajstić information content (AvgIpc) is 2.10. The van der Waals surface area contributed by atoms with E-state index in [1.54, 1.807) is 0 Å². The average molecular weight is 187 g/mol. The maximum absolute atomic E-state index is 13.1. The van der Waals surface area contributed by atoms with Crippen molar-refractivity contribution < 1.29 is 13.5 Å². The molecule has 0 bridgehead atoms. The van der Waals surface area contributed by atoms with Crippen molar-refractivity contribution >= 4 is 0 Å². The molecule has 1 rings (SSSR count). The molecule has 0 aliphatic carbocycles. The number of rotatable bonds is 3. The van der Waals surface area contributed by atoms with E-state index in [1.165, 1.54) is 19.2 Å². The van der Waals surface area contributed by atoms with E-state index in [0.29, 0.717) is 0 Å². The smallest absolute Gasteiger partial charge is 0.131 e. The van der Waals surface area contributed by atoms with Crippen LogP contribution in [-0.4, -0.2) is 13.7 Å². The van der Waals surface area contributed by atoms with Crippen LogP contribution in [0.5, 0.6) is 0 Å². The fourth-order valence-electron chi connectivity index (χ4n) is 1.11. The third kappa shape index (κ3) is 2.23. The van der Waals surface area contributed by atoms with E-state index in [-0.39, 0.29) is 12.1 Å². The zero-order valence-electron chi connectivity index (χ0n) is 7.26. The maximum Gasteiger partial charge on any atom is 0.131 e. The van der Waals surface area contributed by atoms with E-state index >= 15 is 0 Å². The fraction of sp³-hybridized carbons (Fsp3) is 0.333. The minimum Gasteiger partial charge on any atom is -0.375 e. The minimum absolute atomic E-state index is 0.166. The van der Waals surface area contributed by atoms with Gasteiger partial charge in [-0.05, 0) is 6.07 Å². The van der Waals surface area contributed by atoms with E-state index in [0.717, 1.165) is 6.07 Å². The highest BCUT2D eigenvalue weighted by Gasteiger charge is 2.13.